The number of rotatable bonds is 6. The molecule has 0 unspecified atom stereocenters. The van der Waals surface area contributed by atoms with Crippen molar-refractivity contribution in [2.75, 3.05) is 5.32 Å². The molecule has 1 amide bonds. The van der Waals surface area contributed by atoms with E-state index in [1.807, 2.05) is 49.4 Å². The second kappa shape index (κ2) is 10.8. The van der Waals surface area contributed by atoms with Gasteiger partial charge in [-0.05, 0) is 87.6 Å². The predicted octanol–water partition coefficient (Wildman–Crippen LogP) is 8.00. The second-order valence-corrected chi connectivity index (χ2v) is 9.41. The first-order chi connectivity index (χ1) is 16.9. The van der Waals surface area contributed by atoms with Gasteiger partial charge in [0.15, 0.2) is 0 Å². The molecular formula is C29H22BrClN2O2. The third-order valence-electron chi connectivity index (χ3n) is 5.71. The largest absolute Gasteiger partial charge is 0.488 e. The van der Waals surface area contributed by atoms with E-state index in [0.29, 0.717) is 28.6 Å². The molecule has 0 aliphatic rings. The summed E-state index contributed by atoms with van der Waals surface area (Å²) >= 11 is 9.68. The van der Waals surface area contributed by atoms with E-state index in [0.717, 1.165) is 15.6 Å². The Morgan fingerprint density at radius 2 is 1.83 bits per heavy atom. The Kier molecular flexibility index (Phi) is 7.55. The highest BCUT2D eigenvalue weighted by molar-refractivity contribution is 9.10. The molecule has 0 atom stereocenters. The fourth-order valence-corrected chi connectivity index (χ4v) is 4.39. The topological polar surface area (TPSA) is 62.1 Å². The van der Waals surface area contributed by atoms with Gasteiger partial charge in [-0.3, -0.25) is 4.79 Å². The van der Waals surface area contributed by atoms with E-state index in [9.17, 15) is 10.1 Å². The third-order valence-corrected chi connectivity index (χ3v) is 6.74. The van der Waals surface area contributed by atoms with Crippen LogP contribution in [0.1, 0.15) is 22.3 Å². The smallest absolute Gasteiger partial charge is 0.266 e. The minimum atomic E-state index is -0.504. The molecule has 0 saturated carbocycles. The number of fused-ring (bicyclic) bond motifs is 1. The first-order valence-corrected chi connectivity index (χ1v) is 12.1. The standard InChI is InChI=1S/C29H22BrClN2O2/c1-18-7-10-21-5-3-4-6-24(21)25(18)17-35-28-12-9-20(14-26(28)30)13-22(16-32)29(34)33-23-11-8-19(2)27(31)15-23/h3-15H,17H2,1-2H3,(H,33,34)/b22-13+. The minimum absolute atomic E-state index is 0.0198. The summed E-state index contributed by atoms with van der Waals surface area (Å²) in [6.45, 7) is 4.38. The molecule has 0 aliphatic carbocycles. The van der Waals surface area contributed by atoms with Crippen LogP contribution in [0.25, 0.3) is 16.8 Å². The molecule has 174 valence electrons. The molecule has 0 heterocycles. The molecule has 4 nitrogen and oxygen atoms in total. The van der Waals surface area contributed by atoms with Crippen LogP contribution in [0, 0.1) is 25.2 Å². The number of carbonyl (C=O) groups excluding carboxylic acids is 1. The number of amides is 1. The van der Waals surface area contributed by atoms with Crippen molar-refractivity contribution in [3.05, 3.63) is 110 Å². The quantitative estimate of drug-likeness (QED) is 0.197. The average molecular weight is 546 g/mol. The molecule has 0 bridgehead atoms. The summed E-state index contributed by atoms with van der Waals surface area (Å²) < 4.78 is 6.85. The van der Waals surface area contributed by atoms with Crippen molar-refractivity contribution in [3.8, 4) is 11.8 Å². The molecule has 35 heavy (non-hydrogen) atoms. The van der Waals surface area contributed by atoms with Crippen LogP contribution in [-0.2, 0) is 11.4 Å². The maximum Gasteiger partial charge on any atom is 0.266 e. The first kappa shape index (κ1) is 24.5. The van der Waals surface area contributed by atoms with Gasteiger partial charge in [0.05, 0.1) is 4.47 Å². The molecule has 4 rings (SSSR count). The van der Waals surface area contributed by atoms with Gasteiger partial charge in [0.2, 0.25) is 0 Å². The Labute approximate surface area is 217 Å². The van der Waals surface area contributed by atoms with Crippen LogP contribution in [0.2, 0.25) is 5.02 Å². The summed E-state index contributed by atoms with van der Waals surface area (Å²) in [7, 11) is 0. The number of benzene rings is 4. The lowest BCUT2D eigenvalue weighted by Crippen LogP contribution is -2.13. The minimum Gasteiger partial charge on any atom is -0.488 e. The summed E-state index contributed by atoms with van der Waals surface area (Å²) in [5, 5.41) is 15.1. The van der Waals surface area contributed by atoms with Crippen LogP contribution >= 0.6 is 27.5 Å². The van der Waals surface area contributed by atoms with Gasteiger partial charge in [-0.15, -0.1) is 0 Å². The van der Waals surface area contributed by atoms with Crippen molar-refractivity contribution in [2.45, 2.75) is 20.5 Å². The van der Waals surface area contributed by atoms with Gasteiger partial charge in [-0.2, -0.15) is 5.26 Å². The zero-order valence-electron chi connectivity index (χ0n) is 19.2. The fraction of sp³-hybridized carbons (Fsp3) is 0.103. The summed E-state index contributed by atoms with van der Waals surface area (Å²) in [4.78, 5) is 12.6. The average Bonchev–Trinajstić information content (AvgIpc) is 2.85. The maximum atomic E-state index is 12.6. The summed E-state index contributed by atoms with van der Waals surface area (Å²) in [5.74, 6) is 0.169. The van der Waals surface area contributed by atoms with Gasteiger partial charge in [-0.1, -0.05) is 60.1 Å². The highest BCUT2D eigenvalue weighted by Gasteiger charge is 2.12. The Morgan fingerprint density at radius 3 is 2.57 bits per heavy atom. The lowest BCUT2D eigenvalue weighted by molar-refractivity contribution is -0.112. The molecule has 6 heteroatoms. The number of ether oxygens (including phenoxy) is 1. The number of halogens is 2. The Bertz CT molecular complexity index is 1500. The van der Waals surface area contributed by atoms with Gasteiger partial charge in [0.25, 0.3) is 5.91 Å². The number of carbonyl (C=O) groups is 1. The van der Waals surface area contributed by atoms with Crippen molar-refractivity contribution in [3.63, 3.8) is 0 Å². The third kappa shape index (κ3) is 5.74. The maximum absolute atomic E-state index is 12.6. The van der Waals surface area contributed by atoms with E-state index < -0.39 is 5.91 Å². The predicted molar refractivity (Wildman–Crippen MR) is 146 cm³/mol. The molecule has 0 fully saturated rings. The van der Waals surface area contributed by atoms with Gasteiger partial charge >= 0.3 is 0 Å². The van der Waals surface area contributed by atoms with Crippen molar-refractivity contribution in [2.24, 2.45) is 0 Å². The highest BCUT2D eigenvalue weighted by Crippen LogP contribution is 2.30. The van der Waals surface area contributed by atoms with Crippen molar-refractivity contribution < 1.29 is 9.53 Å². The molecule has 0 aromatic heterocycles. The lowest BCUT2D eigenvalue weighted by atomic mass is 10.0. The van der Waals surface area contributed by atoms with Gasteiger partial charge in [-0.25, -0.2) is 0 Å². The van der Waals surface area contributed by atoms with Crippen LogP contribution in [0.4, 0.5) is 5.69 Å². The van der Waals surface area contributed by atoms with Crippen LogP contribution < -0.4 is 10.1 Å². The molecule has 1 N–H and O–H groups in total. The molecule has 0 aliphatic heterocycles. The van der Waals surface area contributed by atoms with E-state index >= 15 is 0 Å². The van der Waals surface area contributed by atoms with E-state index in [4.69, 9.17) is 16.3 Å². The van der Waals surface area contributed by atoms with Crippen LogP contribution in [-0.4, -0.2) is 5.91 Å². The van der Waals surface area contributed by atoms with Crippen LogP contribution in [0.15, 0.2) is 82.8 Å². The summed E-state index contributed by atoms with van der Waals surface area (Å²) in [5.41, 5.74) is 4.41. The van der Waals surface area contributed by atoms with Gasteiger partial charge in [0, 0.05) is 16.3 Å². The zero-order chi connectivity index (χ0) is 24.9. The van der Waals surface area contributed by atoms with Crippen molar-refractivity contribution in [1.29, 1.82) is 5.26 Å². The van der Waals surface area contributed by atoms with E-state index in [2.05, 4.69) is 52.4 Å². The first-order valence-electron chi connectivity index (χ1n) is 10.9. The summed E-state index contributed by atoms with van der Waals surface area (Å²) in [6.07, 6.45) is 1.54. The van der Waals surface area contributed by atoms with E-state index in [1.165, 1.54) is 22.4 Å². The molecule has 0 radical (unpaired) electrons. The molecule has 0 saturated heterocycles. The number of aryl methyl sites for hydroxylation is 2. The van der Waals surface area contributed by atoms with E-state index in [-0.39, 0.29) is 5.57 Å². The molecule has 4 aromatic carbocycles. The van der Waals surface area contributed by atoms with Crippen LogP contribution in [0.5, 0.6) is 5.75 Å². The van der Waals surface area contributed by atoms with Gasteiger partial charge in [0.1, 0.15) is 24.0 Å². The number of nitriles is 1. The SMILES string of the molecule is Cc1ccc(NC(=O)/C(C#N)=C/c2ccc(OCc3c(C)ccc4ccccc34)c(Br)c2)cc1Cl. The molecule has 0 spiro atoms. The number of hydrogen-bond acceptors (Lipinski definition) is 3. The van der Waals surface area contributed by atoms with Crippen LogP contribution in [0.3, 0.4) is 0 Å². The van der Waals surface area contributed by atoms with Crippen molar-refractivity contribution in [1.82, 2.24) is 0 Å². The Balaban J connectivity index is 1.50. The highest BCUT2D eigenvalue weighted by atomic mass is 79.9. The van der Waals surface area contributed by atoms with Crippen molar-refractivity contribution >= 4 is 56.0 Å². The normalized spacial score (nSPS) is 11.2. The monoisotopic (exact) mass is 544 g/mol. The second-order valence-electron chi connectivity index (χ2n) is 8.15. The Hall–Kier alpha value is -3.59. The van der Waals surface area contributed by atoms with E-state index in [1.54, 1.807) is 12.1 Å². The molecule has 4 aromatic rings. The number of nitrogens with zero attached hydrogens (tertiary/aromatic N) is 1. The zero-order valence-corrected chi connectivity index (χ0v) is 21.6. The Morgan fingerprint density at radius 1 is 1.06 bits per heavy atom. The molecular weight excluding hydrogens is 524 g/mol. The number of nitrogens with one attached hydrogen (secondary N) is 1. The lowest BCUT2D eigenvalue weighted by Gasteiger charge is -2.13. The number of hydrogen-bond donors (Lipinski definition) is 1. The summed E-state index contributed by atoms with van der Waals surface area (Å²) in [6, 6.07) is 25.1. The number of anilines is 1. The fourth-order valence-electron chi connectivity index (χ4n) is 3.69. The van der Waals surface area contributed by atoms with Gasteiger partial charge < -0.3 is 10.1 Å².